The maximum atomic E-state index is 8.44. The third-order valence-electron chi connectivity index (χ3n) is 2.05. The second-order valence-corrected chi connectivity index (χ2v) is 3.05. The van der Waals surface area contributed by atoms with Crippen LogP contribution >= 0.6 is 0 Å². The standard InChI is InChI=1S/C11H14N2/c1-2-3-6-10-7-4-5-8-11(10)9-13-12/h4-5,7-9H,2-3,6H2,1H3. The second kappa shape index (κ2) is 5.28. The maximum Gasteiger partial charge on any atom is 0.288 e. The van der Waals surface area contributed by atoms with E-state index in [0.717, 1.165) is 12.0 Å². The summed E-state index contributed by atoms with van der Waals surface area (Å²) in [6.07, 6.45) is 4.91. The van der Waals surface area contributed by atoms with Crippen LogP contribution < -0.4 is 0 Å². The van der Waals surface area contributed by atoms with Crippen molar-refractivity contribution in [1.82, 2.24) is 0 Å². The predicted molar refractivity (Wildman–Crippen MR) is 53.8 cm³/mol. The monoisotopic (exact) mass is 174 g/mol. The minimum Gasteiger partial charge on any atom is -0.361 e. The Morgan fingerprint density at radius 3 is 2.85 bits per heavy atom. The molecule has 0 amide bonds. The van der Waals surface area contributed by atoms with Gasteiger partial charge in [-0.25, -0.2) is 0 Å². The number of rotatable bonds is 4. The van der Waals surface area contributed by atoms with Gasteiger partial charge in [0, 0.05) is 0 Å². The molecule has 0 aromatic heterocycles. The largest absolute Gasteiger partial charge is 0.361 e. The van der Waals surface area contributed by atoms with Gasteiger partial charge in [0.05, 0.1) is 5.56 Å². The van der Waals surface area contributed by atoms with Gasteiger partial charge in [-0.3, -0.25) is 0 Å². The third kappa shape index (κ3) is 2.85. The molecule has 0 aliphatic heterocycles. The van der Waals surface area contributed by atoms with Crippen molar-refractivity contribution in [3.05, 3.63) is 40.9 Å². The summed E-state index contributed by atoms with van der Waals surface area (Å²) in [6.45, 7) is 2.17. The molecule has 0 aliphatic rings. The summed E-state index contributed by atoms with van der Waals surface area (Å²) in [5.41, 5.74) is 10.7. The van der Waals surface area contributed by atoms with Gasteiger partial charge in [0.25, 0.3) is 6.21 Å². The van der Waals surface area contributed by atoms with Crippen LogP contribution in [0.1, 0.15) is 30.9 Å². The summed E-state index contributed by atoms with van der Waals surface area (Å²) in [5, 5.41) is 0. The highest BCUT2D eigenvalue weighted by molar-refractivity contribution is 5.77. The van der Waals surface area contributed by atoms with E-state index < -0.39 is 0 Å². The van der Waals surface area contributed by atoms with Crippen molar-refractivity contribution in [3.63, 3.8) is 0 Å². The van der Waals surface area contributed by atoms with Crippen molar-refractivity contribution in [2.75, 3.05) is 0 Å². The highest BCUT2D eigenvalue weighted by Gasteiger charge is 2.00. The minimum atomic E-state index is 1.01. The fourth-order valence-electron chi connectivity index (χ4n) is 1.32. The molecule has 0 atom stereocenters. The van der Waals surface area contributed by atoms with E-state index in [1.807, 2.05) is 18.2 Å². The molecule has 0 unspecified atom stereocenters. The topological polar surface area (TPSA) is 36.4 Å². The Bertz CT molecular complexity index is 312. The number of nitrogens with zero attached hydrogens (tertiary/aromatic N) is 2. The first-order chi connectivity index (χ1) is 6.38. The van der Waals surface area contributed by atoms with Crippen LogP contribution in [0, 0.1) is 0 Å². The number of aryl methyl sites for hydroxylation is 1. The summed E-state index contributed by atoms with van der Waals surface area (Å²) in [7, 11) is 0. The van der Waals surface area contributed by atoms with E-state index in [9.17, 15) is 0 Å². The fourth-order valence-corrected chi connectivity index (χ4v) is 1.32. The normalized spacial score (nSPS) is 9.31. The summed E-state index contributed by atoms with van der Waals surface area (Å²) < 4.78 is 0. The van der Waals surface area contributed by atoms with Crippen molar-refractivity contribution in [1.29, 1.82) is 0 Å². The smallest absolute Gasteiger partial charge is 0.288 e. The van der Waals surface area contributed by atoms with Crippen molar-refractivity contribution in [2.24, 2.45) is 0 Å². The molecule has 2 nitrogen and oxygen atoms in total. The Hall–Kier alpha value is -1.40. The Morgan fingerprint density at radius 1 is 1.38 bits per heavy atom. The van der Waals surface area contributed by atoms with E-state index >= 15 is 0 Å². The summed E-state index contributed by atoms with van der Waals surface area (Å²) >= 11 is 0. The molecule has 0 heterocycles. The zero-order valence-corrected chi connectivity index (χ0v) is 7.90. The molecule has 1 aromatic carbocycles. The molecule has 0 saturated carbocycles. The lowest BCUT2D eigenvalue weighted by molar-refractivity contribution is 0.00451. The van der Waals surface area contributed by atoms with Crippen molar-refractivity contribution >= 4 is 6.21 Å². The van der Waals surface area contributed by atoms with Crippen LogP contribution in [0.5, 0.6) is 0 Å². The summed E-state index contributed by atoms with van der Waals surface area (Å²) in [5.74, 6) is 0. The lowest BCUT2D eigenvalue weighted by Crippen LogP contribution is -1.92. The summed E-state index contributed by atoms with van der Waals surface area (Å²) in [6, 6.07) is 8.00. The highest BCUT2D eigenvalue weighted by Crippen LogP contribution is 2.09. The molecule has 0 saturated heterocycles. The van der Waals surface area contributed by atoms with E-state index in [-0.39, 0.29) is 0 Å². The Kier molecular flexibility index (Phi) is 3.94. The van der Waals surface area contributed by atoms with Crippen LogP contribution in [0.4, 0.5) is 0 Å². The van der Waals surface area contributed by atoms with Crippen molar-refractivity contribution in [3.8, 4) is 0 Å². The first-order valence-corrected chi connectivity index (χ1v) is 4.63. The van der Waals surface area contributed by atoms with Gasteiger partial charge in [-0.2, -0.15) is 4.79 Å². The molecule has 0 radical (unpaired) electrons. The lowest BCUT2D eigenvalue weighted by Gasteiger charge is -2.00. The predicted octanol–water partition coefficient (Wildman–Crippen LogP) is 2.68. The number of hydrogen-bond donors (Lipinski definition) is 0. The van der Waals surface area contributed by atoms with Crippen molar-refractivity contribution in [2.45, 2.75) is 26.2 Å². The van der Waals surface area contributed by atoms with Gasteiger partial charge in [-0.15, -0.1) is 0 Å². The van der Waals surface area contributed by atoms with E-state index in [4.69, 9.17) is 5.53 Å². The van der Waals surface area contributed by atoms with Crippen LogP contribution in [0.25, 0.3) is 5.53 Å². The van der Waals surface area contributed by atoms with Gasteiger partial charge >= 0.3 is 0 Å². The zero-order valence-electron chi connectivity index (χ0n) is 7.90. The van der Waals surface area contributed by atoms with E-state index in [2.05, 4.69) is 17.8 Å². The minimum absolute atomic E-state index is 1.01. The molecule has 0 spiro atoms. The zero-order chi connectivity index (χ0) is 9.52. The molecule has 1 aromatic rings. The van der Waals surface area contributed by atoms with Crippen LogP contribution in [0.2, 0.25) is 0 Å². The molecule has 0 aliphatic carbocycles. The first kappa shape index (κ1) is 9.69. The summed E-state index contributed by atoms with van der Waals surface area (Å²) in [4.78, 5) is 3.05. The average molecular weight is 174 g/mol. The Balaban J connectivity index is 2.84. The van der Waals surface area contributed by atoms with Gasteiger partial charge in [0.2, 0.25) is 0 Å². The van der Waals surface area contributed by atoms with Gasteiger partial charge in [-0.05, 0) is 24.5 Å². The molecule has 13 heavy (non-hydrogen) atoms. The molecular formula is C11H14N2. The van der Waals surface area contributed by atoms with Crippen LogP contribution in [0.3, 0.4) is 0 Å². The molecule has 0 fully saturated rings. The van der Waals surface area contributed by atoms with Gasteiger partial charge < -0.3 is 5.53 Å². The number of hydrogen-bond acceptors (Lipinski definition) is 0. The molecule has 68 valence electrons. The van der Waals surface area contributed by atoms with Gasteiger partial charge in [-0.1, -0.05) is 31.5 Å². The third-order valence-corrected chi connectivity index (χ3v) is 2.05. The second-order valence-electron chi connectivity index (χ2n) is 3.05. The van der Waals surface area contributed by atoms with E-state index in [1.54, 1.807) is 0 Å². The molecule has 0 bridgehead atoms. The molecular weight excluding hydrogens is 160 g/mol. The average Bonchev–Trinajstić information content (AvgIpc) is 2.17. The fraction of sp³-hybridized carbons (Fsp3) is 0.364. The van der Waals surface area contributed by atoms with E-state index in [1.165, 1.54) is 24.6 Å². The Morgan fingerprint density at radius 2 is 2.15 bits per heavy atom. The van der Waals surface area contributed by atoms with Gasteiger partial charge in [0.15, 0.2) is 0 Å². The van der Waals surface area contributed by atoms with Gasteiger partial charge in [0.1, 0.15) is 0 Å². The highest BCUT2D eigenvalue weighted by atomic mass is 14.8. The SMILES string of the molecule is CCCCc1ccccc1C=[N+]=[N-]. The number of benzene rings is 1. The molecule has 1 rings (SSSR count). The maximum absolute atomic E-state index is 8.44. The van der Waals surface area contributed by atoms with Crippen LogP contribution in [-0.2, 0) is 6.42 Å². The van der Waals surface area contributed by atoms with Crippen LogP contribution in [0.15, 0.2) is 24.3 Å². The number of unbranched alkanes of at least 4 members (excludes halogenated alkanes) is 1. The first-order valence-electron chi connectivity index (χ1n) is 4.63. The molecule has 2 heteroatoms. The van der Waals surface area contributed by atoms with Crippen molar-refractivity contribution < 1.29 is 4.79 Å². The quantitative estimate of drug-likeness (QED) is 0.382. The lowest BCUT2D eigenvalue weighted by atomic mass is 10.0. The van der Waals surface area contributed by atoms with Crippen LogP contribution in [-0.4, -0.2) is 11.0 Å². The van der Waals surface area contributed by atoms with E-state index in [0.29, 0.717) is 0 Å². The molecule has 0 N–H and O–H groups in total. The Labute approximate surface area is 78.8 Å².